The van der Waals surface area contributed by atoms with Crippen molar-refractivity contribution in [3.05, 3.63) is 23.4 Å². The fourth-order valence-corrected chi connectivity index (χ4v) is 4.41. The second-order valence-electron chi connectivity index (χ2n) is 7.63. The molecule has 2 aliphatic rings. The van der Waals surface area contributed by atoms with Gasteiger partial charge in [-0.1, -0.05) is 6.92 Å². The third-order valence-electron chi connectivity index (χ3n) is 6.19. The lowest BCUT2D eigenvalue weighted by molar-refractivity contribution is 0.292. The van der Waals surface area contributed by atoms with E-state index in [-0.39, 0.29) is 0 Å². The van der Waals surface area contributed by atoms with Gasteiger partial charge in [0.1, 0.15) is 0 Å². The lowest BCUT2D eigenvalue weighted by Crippen LogP contribution is -2.48. The Morgan fingerprint density at radius 1 is 1.12 bits per heavy atom. The Balaban J connectivity index is 1.83. The largest absolute Gasteiger partial charge is 0.493 e. The first-order valence-electron chi connectivity index (χ1n) is 9.69. The van der Waals surface area contributed by atoms with Gasteiger partial charge in [-0.3, -0.25) is 4.98 Å². The van der Waals surface area contributed by atoms with Crippen molar-refractivity contribution >= 4 is 16.6 Å². The minimum Gasteiger partial charge on any atom is -0.493 e. The van der Waals surface area contributed by atoms with E-state index in [0.717, 1.165) is 48.2 Å². The molecule has 1 saturated heterocycles. The third-order valence-corrected chi connectivity index (χ3v) is 6.19. The van der Waals surface area contributed by atoms with E-state index in [1.165, 1.54) is 23.4 Å². The highest BCUT2D eigenvalue weighted by Gasteiger charge is 2.29. The summed E-state index contributed by atoms with van der Waals surface area (Å²) in [5, 5.41) is 8.64. The van der Waals surface area contributed by atoms with Crippen molar-refractivity contribution in [1.82, 2.24) is 10.3 Å². The molecular weight excluding hydrogens is 326 g/mol. The van der Waals surface area contributed by atoms with Crippen LogP contribution in [0.1, 0.15) is 37.9 Å². The van der Waals surface area contributed by atoms with Crippen molar-refractivity contribution in [2.24, 2.45) is 5.92 Å². The predicted molar refractivity (Wildman–Crippen MR) is 106 cm³/mol. The van der Waals surface area contributed by atoms with E-state index in [2.05, 4.69) is 30.5 Å². The molecule has 1 aromatic heterocycles. The van der Waals surface area contributed by atoms with Gasteiger partial charge in [-0.05, 0) is 56.7 Å². The van der Waals surface area contributed by atoms with Crippen LogP contribution >= 0.6 is 0 Å². The van der Waals surface area contributed by atoms with Gasteiger partial charge in [0.25, 0.3) is 0 Å². The SMILES string of the molecule is COc1cc2nc3c(c(NC4CCNC(C)C4C)c2cc1OC)CCC3. The first-order chi connectivity index (χ1) is 12.6. The van der Waals surface area contributed by atoms with Gasteiger partial charge in [-0.15, -0.1) is 0 Å². The molecule has 2 aromatic rings. The highest BCUT2D eigenvalue weighted by atomic mass is 16.5. The molecule has 0 spiro atoms. The van der Waals surface area contributed by atoms with Crippen LogP contribution in [0.4, 0.5) is 5.69 Å². The van der Waals surface area contributed by atoms with Crippen LogP contribution in [-0.2, 0) is 12.8 Å². The molecule has 0 bridgehead atoms. The molecule has 5 nitrogen and oxygen atoms in total. The molecule has 140 valence electrons. The Morgan fingerprint density at radius 3 is 2.65 bits per heavy atom. The second kappa shape index (κ2) is 6.95. The lowest BCUT2D eigenvalue weighted by Gasteiger charge is -2.36. The fraction of sp³-hybridized carbons (Fsp3) is 0.571. The topological polar surface area (TPSA) is 55.4 Å². The number of hydrogen-bond donors (Lipinski definition) is 2. The number of nitrogens with zero attached hydrogens (tertiary/aromatic N) is 1. The number of fused-ring (bicyclic) bond motifs is 2. The third kappa shape index (κ3) is 2.88. The van der Waals surface area contributed by atoms with Crippen molar-refractivity contribution in [3.8, 4) is 11.5 Å². The number of nitrogens with one attached hydrogen (secondary N) is 2. The van der Waals surface area contributed by atoms with Crippen LogP contribution in [0.5, 0.6) is 11.5 Å². The average Bonchev–Trinajstić information content (AvgIpc) is 3.12. The number of pyridine rings is 1. The number of piperidine rings is 1. The molecule has 2 N–H and O–H groups in total. The van der Waals surface area contributed by atoms with Crippen LogP contribution in [0.25, 0.3) is 10.9 Å². The predicted octanol–water partition coefficient (Wildman–Crippen LogP) is 3.54. The summed E-state index contributed by atoms with van der Waals surface area (Å²) in [7, 11) is 3.36. The highest BCUT2D eigenvalue weighted by Crippen LogP contribution is 2.40. The smallest absolute Gasteiger partial charge is 0.162 e. The van der Waals surface area contributed by atoms with E-state index in [4.69, 9.17) is 14.5 Å². The minimum absolute atomic E-state index is 0.467. The standard InChI is InChI=1S/C21H29N3O2/c1-12-13(2)22-9-8-16(12)24-21-14-6-5-7-17(14)23-18-11-20(26-4)19(25-3)10-15(18)21/h10-13,16,22H,5-9H2,1-4H3,(H,23,24). The van der Waals surface area contributed by atoms with Crippen LogP contribution in [0.15, 0.2) is 12.1 Å². The van der Waals surface area contributed by atoms with Crippen LogP contribution < -0.4 is 20.1 Å². The Kier molecular flexibility index (Phi) is 4.65. The maximum Gasteiger partial charge on any atom is 0.162 e. The molecule has 3 unspecified atom stereocenters. The Labute approximate surface area is 155 Å². The Hall–Kier alpha value is -2.01. The van der Waals surface area contributed by atoms with Crippen molar-refractivity contribution in [2.75, 3.05) is 26.1 Å². The number of aryl methyl sites for hydroxylation is 1. The zero-order chi connectivity index (χ0) is 18.3. The van der Waals surface area contributed by atoms with Gasteiger partial charge in [0.15, 0.2) is 11.5 Å². The normalized spacial score (nSPS) is 25.2. The zero-order valence-corrected chi connectivity index (χ0v) is 16.2. The molecular formula is C21H29N3O2. The molecule has 0 radical (unpaired) electrons. The summed E-state index contributed by atoms with van der Waals surface area (Å²) in [4.78, 5) is 4.94. The monoisotopic (exact) mass is 355 g/mol. The zero-order valence-electron chi connectivity index (χ0n) is 16.2. The van der Waals surface area contributed by atoms with Crippen LogP contribution in [0.2, 0.25) is 0 Å². The molecule has 0 saturated carbocycles. The van der Waals surface area contributed by atoms with Crippen molar-refractivity contribution in [1.29, 1.82) is 0 Å². The summed E-state index contributed by atoms with van der Waals surface area (Å²) in [6, 6.07) is 5.08. The number of aromatic nitrogens is 1. The number of methoxy groups -OCH3 is 2. The number of benzene rings is 1. The quantitative estimate of drug-likeness (QED) is 0.879. The molecule has 1 fully saturated rings. The van der Waals surface area contributed by atoms with Gasteiger partial charge >= 0.3 is 0 Å². The minimum atomic E-state index is 0.467. The Bertz CT molecular complexity index is 821. The molecule has 2 heterocycles. The number of ether oxygens (including phenoxy) is 2. The van der Waals surface area contributed by atoms with Gasteiger partial charge in [-0.25, -0.2) is 0 Å². The summed E-state index contributed by atoms with van der Waals surface area (Å²) >= 11 is 0. The van der Waals surface area contributed by atoms with Crippen molar-refractivity contribution in [2.45, 2.75) is 51.6 Å². The summed E-state index contributed by atoms with van der Waals surface area (Å²) in [5.74, 6) is 2.07. The van der Waals surface area contributed by atoms with E-state index in [1.54, 1.807) is 14.2 Å². The van der Waals surface area contributed by atoms with Gasteiger partial charge in [0.2, 0.25) is 0 Å². The van der Waals surface area contributed by atoms with E-state index >= 15 is 0 Å². The summed E-state index contributed by atoms with van der Waals surface area (Å²) in [6.07, 6.45) is 4.48. The summed E-state index contributed by atoms with van der Waals surface area (Å²) < 4.78 is 11.0. The lowest BCUT2D eigenvalue weighted by atomic mass is 9.88. The van der Waals surface area contributed by atoms with E-state index in [9.17, 15) is 0 Å². The maximum absolute atomic E-state index is 5.56. The average molecular weight is 355 g/mol. The van der Waals surface area contributed by atoms with Gasteiger partial charge in [0.05, 0.1) is 19.7 Å². The summed E-state index contributed by atoms with van der Waals surface area (Å²) in [5.41, 5.74) is 4.87. The first-order valence-corrected chi connectivity index (χ1v) is 9.69. The van der Waals surface area contributed by atoms with Crippen LogP contribution in [-0.4, -0.2) is 37.8 Å². The van der Waals surface area contributed by atoms with E-state index < -0.39 is 0 Å². The van der Waals surface area contributed by atoms with Crippen molar-refractivity contribution in [3.63, 3.8) is 0 Å². The van der Waals surface area contributed by atoms with Crippen molar-refractivity contribution < 1.29 is 9.47 Å². The van der Waals surface area contributed by atoms with Crippen LogP contribution in [0.3, 0.4) is 0 Å². The van der Waals surface area contributed by atoms with Gasteiger partial charge in [0, 0.05) is 34.9 Å². The van der Waals surface area contributed by atoms with Crippen LogP contribution in [0, 0.1) is 5.92 Å². The van der Waals surface area contributed by atoms with Gasteiger partial charge < -0.3 is 20.1 Å². The molecule has 1 aliphatic heterocycles. The molecule has 4 rings (SSSR count). The van der Waals surface area contributed by atoms with Gasteiger partial charge in [-0.2, -0.15) is 0 Å². The molecule has 0 amide bonds. The number of hydrogen-bond acceptors (Lipinski definition) is 5. The number of anilines is 1. The van der Waals surface area contributed by atoms with E-state index in [0.29, 0.717) is 18.0 Å². The first kappa shape index (κ1) is 17.4. The highest BCUT2D eigenvalue weighted by molar-refractivity contribution is 5.96. The maximum atomic E-state index is 5.56. The molecule has 26 heavy (non-hydrogen) atoms. The fourth-order valence-electron chi connectivity index (χ4n) is 4.41. The second-order valence-corrected chi connectivity index (χ2v) is 7.63. The van der Waals surface area contributed by atoms with E-state index in [1.807, 2.05) is 6.07 Å². The molecule has 5 heteroatoms. The molecule has 1 aliphatic carbocycles. The Morgan fingerprint density at radius 2 is 1.88 bits per heavy atom. The summed E-state index contributed by atoms with van der Waals surface area (Å²) in [6.45, 7) is 5.68. The molecule has 1 aromatic carbocycles. The molecule has 3 atom stereocenters. The number of rotatable bonds is 4.